The molecule has 2 aromatic rings. The Bertz CT molecular complexity index is 705. The minimum absolute atomic E-state index is 0.137. The van der Waals surface area contributed by atoms with Crippen LogP contribution in [0.2, 0.25) is 0 Å². The summed E-state index contributed by atoms with van der Waals surface area (Å²) in [5, 5.41) is 5.57. The topological polar surface area (TPSA) is 93.5 Å². The van der Waals surface area contributed by atoms with Crippen molar-refractivity contribution in [2.45, 2.75) is 25.3 Å². The van der Waals surface area contributed by atoms with Crippen LogP contribution in [0.3, 0.4) is 0 Å². The van der Waals surface area contributed by atoms with Crippen LogP contribution in [-0.4, -0.2) is 42.3 Å². The van der Waals surface area contributed by atoms with Crippen molar-refractivity contribution in [1.29, 1.82) is 0 Å². The van der Waals surface area contributed by atoms with Gasteiger partial charge in [0, 0.05) is 11.5 Å². The Morgan fingerprint density at radius 3 is 2.77 bits per heavy atom. The molecule has 8 heteroatoms. The summed E-state index contributed by atoms with van der Waals surface area (Å²) in [7, 11) is 1.75. The zero-order valence-corrected chi connectivity index (χ0v) is 15.7. The Morgan fingerprint density at radius 2 is 2.08 bits per heavy atom. The monoisotopic (exact) mass is 377 g/mol. The van der Waals surface area contributed by atoms with Crippen LogP contribution in [0.25, 0.3) is 0 Å². The largest absolute Gasteiger partial charge is 0.464 e. The van der Waals surface area contributed by atoms with E-state index in [9.17, 15) is 9.59 Å². The van der Waals surface area contributed by atoms with Crippen molar-refractivity contribution in [2.24, 2.45) is 0 Å². The highest BCUT2D eigenvalue weighted by molar-refractivity contribution is 7.98. The molecule has 0 saturated heterocycles. The van der Waals surface area contributed by atoms with Crippen molar-refractivity contribution in [3.8, 4) is 0 Å². The molecule has 0 fully saturated rings. The van der Waals surface area contributed by atoms with E-state index in [1.54, 1.807) is 25.7 Å². The quantitative estimate of drug-likeness (QED) is 0.612. The van der Waals surface area contributed by atoms with E-state index in [1.165, 1.54) is 6.26 Å². The van der Waals surface area contributed by atoms with Crippen molar-refractivity contribution >= 4 is 23.6 Å². The van der Waals surface area contributed by atoms with E-state index in [1.807, 2.05) is 30.3 Å². The highest BCUT2D eigenvalue weighted by atomic mass is 32.2. The zero-order valence-electron chi connectivity index (χ0n) is 14.9. The van der Waals surface area contributed by atoms with Crippen LogP contribution in [0.5, 0.6) is 0 Å². The SMILES string of the molecule is CCOC(=O)C(CSCc1ccccc1)NC(=O)c1coc(CNC)n1. The zero-order chi connectivity index (χ0) is 18.8. The van der Waals surface area contributed by atoms with Gasteiger partial charge in [0.25, 0.3) is 5.91 Å². The van der Waals surface area contributed by atoms with Gasteiger partial charge in [0.1, 0.15) is 12.3 Å². The molecular formula is C18H23N3O4S. The maximum absolute atomic E-state index is 12.3. The van der Waals surface area contributed by atoms with E-state index >= 15 is 0 Å². The molecule has 2 N–H and O–H groups in total. The normalized spacial score (nSPS) is 11.8. The molecule has 0 spiro atoms. The molecule has 0 radical (unpaired) electrons. The molecule has 1 atom stereocenters. The molecule has 26 heavy (non-hydrogen) atoms. The summed E-state index contributed by atoms with van der Waals surface area (Å²) < 4.78 is 10.3. The van der Waals surface area contributed by atoms with Gasteiger partial charge in [0.15, 0.2) is 5.69 Å². The smallest absolute Gasteiger partial charge is 0.329 e. The van der Waals surface area contributed by atoms with Gasteiger partial charge in [0.05, 0.1) is 13.2 Å². The first-order valence-corrected chi connectivity index (χ1v) is 9.47. The van der Waals surface area contributed by atoms with Gasteiger partial charge in [-0.05, 0) is 19.5 Å². The number of rotatable bonds is 10. The van der Waals surface area contributed by atoms with Crippen LogP contribution in [0.15, 0.2) is 41.0 Å². The van der Waals surface area contributed by atoms with Gasteiger partial charge in [-0.2, -0.15) is 11.8 Å². The van der Waals surface area contributed by atoms with Gasteiger partial charge in [-0.3, -0.25) is 4.79 Å². The van der Waals surface area contributed by atoms with Gasteiger partial charge in [-0.1, -0.05) is 30.3 Å². The molecule has 1 aromatic heterocycles. The Morgan fingerprint density at radius 1 is 1.31 bits per heavy atom. The molecule has 0 aliphatic carbocycles. The van der Waals surface area contributed by atoms with Crippen LogP contribution in [0.1, 0.15) is 28.9 Å². The van der Waals surface area contributed by atoms with Gasteiger partial charge in [0.2, 0.25) is 5.89 Å². The molecule has 0 bridgehead atoms. The summed E-state index contributed by atoms with van der Waals surface area (Å²) >= 11 is 1.55. The molecule has 0 aliphatic rings. The number of hydrogen-bond acceptors (Lipinski definition) is 7. The third-order valence-electron chi connectivity index (χ3n) is 3.38. The molecule has 140 valence electrons. The Labute approximate surface area is 156 Å². The maximum Gasteiger partial charge on any atom is 0.329 e. The van der Waals surface area contributed by atoms with E-state index in [4.69, 9.17) is 9.15 Å². The predicted molar refractivity (Wildman–Crippen MR) is 99.8 cm³/mol. The maximum atomic E-state index is 12.3. The predicted octanol–water partition coefficient (Wildman–Crippen LogP) is 1.99. The fraction of sp³-hybridized carbons (Fsp3) is 0.389. The van der Waals surface area contributed by atoms with Crippen molar-refractivity contribution in [2.75, 3.05) is 19.4 Å². The van der Waals surface area contributed by atoms with Crippen molar-refractivity contribution in [1.82, 2.24) is 15.6 Å². The minimum Gasteiger partial charge on any atom is -0.464 e. The van der Waals surface area contributed by atoms with Crippen LogP contribution in [0.4, 0.5) is 0 Å². The van der Waals surface area contributed by atoms with Gasteiger partial charge < -0.3 is 19.8 Å². The molecule has 0 saturated carbocycles. The lowest BCUT2D eigenvalue weighted by molar-refractivity contribution is -0.144. The van der Waals surface area contributed by atoms with Crippen molar-refractivity contribution < 1.29 is 18.7 Å². The fourth-order valence-corrected chi connectivity index (χ4v) is 3.16. The lowest BCUT2D eigenvalue weighted by atomic mass is 10.2. The van der Waals surface area contributed by atoms with Crippen molar-refractivity contribution in [3.63, 3.8) is 0 Å². The summed E-state index contributed by atoms with van der Waals surface area (Å²) in [4.78, 5) is 28.6. The Hall–Kier alpha value is -2.32. The van der Waals surface area contributed by atoms with Crippen LogP contribution < -0.4 is 10.6 Å². The highest BCUT2D eigenvalue weighted by Crippen LogP contribution is 2.14. The average Bonchev–Trinajstić information content (AvgIpc) is 3.11. The standard InChI is InChI=1S/C18H23N3O4S/c1-3-24-18(23)15(12-26-11-13-7-5-4-6-8-13)21-17(22)14-10-25-16(20-14)9-19-2/h4-8,10,15,19H,3,9,11-12H2,1-2H3,(H,21,22). The summed E-state index contributed by atoms with van der Waals surface area (Å²) in [5.74, 6) is 0.627. The number of nitrogens with one attached hydrogen (secondary N) is 2. The number of oxazole rings is 1. The molecular weight excluding hydrogens is 354 g/mol. The van der Waals surface area contributed by atoms with Crippen LogP contribution in [0, 0.1) is 0 Å². The molecule has 2 rings (SSSR count). The molecule has 1 aromatic carbocycles. The molecule has 1 heterocycles. The molecule has 7 nitrogen and oxygen atoms in total. The first-order chi connectivity index (χ1) is 12.6. The molecule has 0 aliphatic heterocycles. The van der Waals surface area contributed by atoms with E-state index in [0.717, 1.165) is 11.3 Å². The van der Waals surface area contributed by atoms with Gasteiger partial charge in [-0.15, -0.1) is 0 Å². The number of carbonyl (C=O) groups excluding carboxylic acids is 2. The lowest BCUT2D eigenvalue weighted by Crippen LogP contribution is -2.43. The summed E-state index contributed by atoms with van der Waals surface area (Å²) in [6, 6.07) is 9.17. The number of hydrogen-bond donors (Lipinski definition) is 2. The van der Waals surface area contributed by atoms with Crippen molar-refractivity contribution in [3.05, 3.63) is 53.7 Å². The molecule has 1 amide bonds. The van der Waals surface area contributed by atoms with E-state index < -0.39 is 17.9 Å². The first-order valence-electron chi connectivity index (χ1n) is 8.32. The molecule has 1 unspecified atom stereocenters. The lowest BCUT2D eigenvalue weighted by Gasteiger charge is -2.16. The highest BCUT2D eigenvalue weighted by Gasteiger charge is 2.24. The summed E-state index contributed by atoms with van der Waals surface area (Å²) in [5.41, 5.74) is 1.29. The van der Waals surface area contributed by atoms with Gasteiger partial charge >= 0.3 is 5.97 Å². The van der Waals surface area contributed by atoms with Gasteiger partial charge in [-0.25, -0.2) is 9.78 Å². The van der Waals surface area contributed by atoms with E-state index in [0.29, 0.717) is 18.2 Å². The van der Waals surface area contributed by atoms with Crippen LogP contribution >= 0.6 is 11.8 Å². The Kier molecular flexibility index (Phi) is 8.17. The number of benzene rings is 1. The first kappa shape index (κ1) is 20.0. The Balaban J connectivity index is 1.94. The second-order valence-corrected chi connectivity index (χ2v) is 6.47. The number of amides is 1. The third kappa shape index (κ3) is 6.20. The second-order valence-electron chi connectivity index (χ2n) is 5.44. The third-order valence-corrected chi connectivity index (χ3v) is 4.49. The number of aromatic nitrogens is 1. The number of thioether (sulfide) groups is 1. The van der Waals surface area contributed by atoms with E-state index in [2.05, 4.69) is 15.6 Å². The second kappa shape index (κ2) is 10.6. The number of ether oxygens (including phenoxy) is 1. The fourth-order valence-electron chi connectivity index (χ4n) is 2.16. The number of nitrogens with zero attached hydrogens (tertiary/aromatic N) is 1. The average molecular weight is 377 g/mol. The number of esters is 1. The summed E-state index contributed by atoms with van der Waals surface area (Å²) in [6.45, 7) is 2.40. The summed E-state index contributed by atoms with van der Waals surface area (Å²) in [6.07, 6.45) is 1.28. The minimum atomic E-state index is -0.749. The van der Waals surface area contributed by atoms with E-state index in [-0.39, 0.29) is 12.3 Å². The van der Waals surface area contributed by atoms with Crippen LogP contribution in [-0.2, 0) is 21.8 Å². The number of carbonyl (C=O) groups is 2.